The Morgan fingerprint density at radius 3 is 2.24 bits per heavy atom. The van der Waals surface area contributed by atoms with Crippen molar-refractivity contribution >= 4 is 38.9 Å². The molecule has 1 amide bonds. The Hall–Kier alpha value is -3.36. The normalized spacial score (nSPS) is 11.7. The summed E-state index contributed by atoms with van der Waals surface area (Å²) in [6.45, 7) is 5.11. The van der Waals surface area contributed by atoms with E-state index in [0.29, 0.717) is 22.2 Å². The van der Waals surface area contributed by atoms with Crippen molar-refractivity contribution in [3.8, 4) is 5.75 Å². The summed E-state index contributed by atoms with van der Waals surface area (Å²) in [4.78, 5) is 12.8. The van der Waals surface area contributed by atoms with Gasteiger partial charge in [-0.25, -0.2) is 13.8 Å². The van der Waals surface area contributed by atoms with E-state index < -0.39 is 22.5 Å². The third-order valence-electron chi connectivity index (χ3n) is 5.32. The van der Waals surface area contributed by atoms with E-state index in [0.717, 1.165) is 21.0 Å². The first-order valence-electron chi connectivity index (χ1n) is 10.4. The molecule has 0 fully saturated rings. The molecule has 178 valence electrons. The highest BCUT2D eigenvalue weighted by atomic mass is 35.5. The maximum atomic E-state index is 13.5. The van der Waals surface area contributed by atoms with Gasteiger partial charge in [-0.15, -0.1) is 0 Å². The van der Waals surface area contributed by atoms with E-state index in [1.165, 1.54) is 24.3 Å². The minimum atomic E-state index is -4.04. The summed E-state index contributed by atoms with van der Waals surface area (Å²) in [5, 5.41) is 4.55. The molecule has 0 saturated heterocycles. The van der Waals surface area contributed by atoms with Crippen LogP contribution in [0, 0.1) is 13.8 Å². The van der Waals surface area contributed by atoms with Crippen molar-refractivity contribution in [1.82, 2.24) is 5.43 Å². The fraction of sp³-hybridized carbons (Fsp3) is 0.200. The summed E-state index contributed by atoms with van der Waals surface area (Å²) in [5.41, 5.74) is 6.11. The molecule has 0 aliphatic heterocycles. The van der Waals surface area contributed by atoms with Gasteiger partial charge in [0.15, 0.2) is 0 Å². The van der Waals surface area contributed by atoms with Gasteiger partial charge >= 0.3 is 0 Å². The Morgan fingerprint density at radius 1 is 1.00 bits per heavy atom. The highest BCUT2D eigenvalue weighted by Crippen LogP contribution is 2.26. The molecule has 0 radical (unpaired) electrons. The third kappa shape index (κ3) is 5.95. The Balaban J connectivity index is 1.88. The summed E-state index contributed by atoms with van der Waals surface area (Å²) in [6, 6.07) is 18.3. The number of rotatable bonds is 8. The number of anilines is 1. The number of hydrazone groups is 1. The van der Waals surface area contributed by atoms with Gasteiger partial charge in [0.25, 0.3) is 15.9 Å². The van der Waals surface area contributed by atoms with Crippen LogP contribution in [0.2, 0.25) is 5.02 Å². The van der Waals surface area contributed by atoms with Crippen molar-refractivity contribution in [2.24, 2.45) is 5.10 Å². The molecule has 0 aliphatic carbocycles. The number of hydrogen-bond acceptors (Lipinski definition) is 5. The Labute approximate surface area is 205 Å². The Bertz CT molecular complexity index is 1300. The first kappa shape index (κ1) is 25.3. The van der Waals surface area contributed by atoms with Crippen LogP contribution in [-0.4, -0.2) is 33.7 Å². The van der Waals surface area contributed by atoms with E-state index in [9.17, 15) is 13.2 Å². The van der Waals surface area contributed by atoms with Crippen molar-refractivity contribution in [2.75, 3.05) is 18.0 Å². The van der Waals surface area contributed by atoms with Crippen LogP contribution in [-0.2, 0) is 14.8 Å². The van der Waals surface area contributed by atoms with Gasteiger partial charge in [-0.1, -0.05) is 17.7 Å². The molecule has 0 heterocycles. The van der Waals surface area contributed by atoms with Gasteiger partial charge in [0, 0.05) is 5.02 Å². The third-order valence-corrected chi connectivity index (χ3v) is 7.36. The van der Waals surface area contributed by atoms with Crippen LogP contribution < -0.4 is 14.5 Å². The van der Waals surface area contributed by atoms with E-state index in [1.54, 1.807) is 38.3 Å². The number of halogens is 1. The van der Waals surface area contributed by atoms with Crippen molar-refractivity contribution in [2.45, 2.75) is 25.7 Å². The second-order valence-corrected chi connectivity index (χ2v) is 9.99. The van der Waals surface area contributed by atoms with E-state index in [-0.39, 0.29) is 4.90 Å². The van der Waals surface area contributed by atoms with Crippen molar-refractivity contribution < 1.29 is 17.9 Å². The highest BCUT2D eigenvalue weighted by Gasteiger charge is 2.27. The number of amides is 1. The van der Waals surface area contributed by atoms with Crippen LogP contribution in [0.5, 0.6) is 5.75 Å². The van der Waals surface area contributed by atoms with Gasteiger partial charge in [0.1, 0.15) is 12.3 Å². The fourth-order valence-electron chi connectivity index (χ4n) is 3.14. The van der Waals surface area contributed by atoms with Gasteiger partial charge in [-0.2, -0.15) is 5.10 Å². The van der Waals surface area contributed by atoms with Gasteiger partial charge in [-0.05, 0) is 98.1 Å². The number of carbonyl (C=O) groups is 1. The van der Waals surface area contributed by atoms with Crippen LogP contribution in [0.1, 0.15) is 23.6 Å². The smallest absolute Gasteiger partial charge is 0.264 e. The molecule has 7 nitrogen and oxygen atoms in total. The molecule has 0 atom stereocenters. The van der Waals surface area contributed by atoms with E-state index in [4.69, 9.17) is 16.3 Å². The molecule has 0 aliphatic rings. The number of ether oxygens (including phenoxy) is 1. The average molecular weight is 500 g/mol. The largest absolute Gasteiger partial charge is 0.497 e. The molecular weight excluding hydrogens is 474 g/mol. The first-order chi connectivity index (χ1) is 16.1. The molecule has 0 spiro atoms. The molecule has 3 aromatic rings. The lowest BCUT2D eigenvalue weighted by atomic mass is 10.1. The topological polar surface area (TPSA) is 88.1 Å². The molecule has 9 heteroatoms. The molecule has 0 saturated carbocycles. The minimum absolute atomic E-state index is 0.0286. The lowest BCUT2D eigenvalue weighted by Crippen LogP contribution is -2.39. The molecular formula is C25H26ClN3O4S. The Morgan fingerprint density at radius 2 is 1.65 bits per heavy atom. The predicted molar refractivity (Wildman–Crippen MR) is 135 cm³/mol. The zero-order chi connectivity index (χ0) is 24.9. The summed E-state index contributed by atoms with van der Waals surface area (Å²) < 4.78 is 33.1. The number of hydrogen-bond donors (Lipinski definition) is 1. The number of sulfonamides is 1. The van der Waals surface area contributed by atoms with Gasteiger partial charge < -0.3 is 4.74 Å². The van der Waals surface area contributed by atoms with Crippen LogP contribution in [0.4, 0.5) is 5.69 Å². The maximum Gasteiger partial charge on any atom is 0.264 e. The van der Waals surface area contributed by atoms with Crippen LogP contribution in [0.3, 0.4) is 0 Å². The summed E-state index contributed by atoms with van der Waals surface area (Å²) in [5.74, 6) is 0.126. The molecule has 0 bridgehead atoms. The van der Waals surface area contributed by atoms with Crippen LogP contribution in [0.25, 0.3) is 0 Å². The molecule has 3 rings (SSSR count). The zero-order valence-electron chi connectivity index (χ0n) is 19.4. The van der Waals surface area contributed by atoms with Crippen molar-refractivity contribution in [1.29, 1.82) is 0 Å². The summed E-state index contributed by atoms with van der Waals surface area (Å²) >= 11 is 5.92. The first-order valence-corrected chi connectivity index (χ1v) is 12.3. The second-order valence-electron chi connectivity index (χ2n) is 7.69. The molecule has 34 heavy (non-hydrogen) atoms. The SMILES string of the molecule is COc1ccc(/C(C)=N\NC(=O)CN(c2ccc(C)c(C)c2)S(=O)(=O)c2ccc(Cl)cc2)cc1. The molecule has 3 aromatic carbocycles. The number of benzene rings is 3. The van der Waals surface area contributed by atoms with Gasteiger partial charge in [0.2, 0.25) is 0 Å². The Kier molecular flexibility index (Phi) is 7.96. The van der Waals surface area contributed by atoms with E-state index in [2.05, 4.69) is 10.5 Å². The maximum absolute atomic E-state index is 13.5. The number of carbonyl (C=O) groups excluding carboxylic acids is 1. The van der Waals surface area contributed by atoms with E-state index >= 15 is 0 Å². The highest BCUT2D eigenvalue weighted by molar-refractivity contribution is 7.92. The minimum Gasteiger partial charge on any atom is -0.497 e. The average Bonchev–Trinajstić information content (AvgIpc) is 2.83. The lowest BCUT2D eigenvalue weighted by molar-refractivity contribution is -0.119. The van der Waals surface area contributed by atoms with Gasteiger partial charge in [-0.3, -0.25) is 9.10 Å². The van der Waals surface area contributed by atoms with Crippen molar-refractivity contribution in [3.63, 3.8) is 0 Å². The fourth-order valence-corrected chi connectivity index (χ4v) is 4.68. The standard InChI is InChI=1S/C25H26ClN3O4S/c1-17-5-10-22(15-18(17)2)29(34(31,32)24-13-8-21(26)9-14-24)16-25(30)28-27-19(3)20-6-11-23(33-4)12-7-20/h5-15H,16H2,1-4H3,(H,28,30)/b27-19-. The van der Waals surface area contributed by atoms with Crippen molar-refractivity contribution in [3.05, 3.63) is 88.4 Å². The number of nitrogens with zero attached hydrogens (tertiary/aromatic N) is 2. The number of nitrogens with one attached hydrogen (secondary N) is 1. The number of methoxy groups -OCH3 is 1. The molecule has 0 unspecified atom stereocenters. The van der Waals surface area contributed by atoms with Gasteiger partial charge in [0.05, 0.1) is 23.4 Å². The summed E-state index contributed by atoms with van der Waals surface area (Å²) in [7, 11) is -2.46. The predicted octanol–water partition coefficient (Wildman–Crippen LogP) is 4.70. The zero-order valence-corrected chi connectivity index (χ0v) is 20.9. The molecule has 1 N–H and O–H groups in total. The monoisotopic (exact) mass is 499 g/mol. The second kappa shape index (κ2) is 10.7. The lowest BCUT2D eigenvalue weighted by Gasteiger charge is -2.24. The van der Waals surface area contributed by atoms with E-state index in [1.807, 2.05) is 32.0 Å². The molecule has 0 aromatic heterocycles. The quantitative estimate of drug-likeness (QED) is 0.359. The van der Waals surface area contributed by atoms with Crippen LogP contribution in [0.15, 0.2) is 76.7 Å². The summed E-state index contributed by atoms with van der Waals surface area (Å²) in [6.07, 6.45) is 0. The number of aryl methyl sites for hydroxylation is 2. The van der Waals surface area contributed by atoms with Crippen LogP contribution >= 0.6 is 11.6 Å².